The molecule has 1 unspecified atom stereocenters. The number of carbonyl (C=O) groups is 5. The van der Waals surface area contributed by atoms with Gasteiger partial charge in [0.1, 0.15) is 18.4 Å². The summed E-state index contributed by atoms with van der Waals surface area (Å²) >= 11 is 0. The van der Waals surface area contributed by atoms with Crippen LogP contribution in [0.4, 0.5) is 5.69 Å². The minimum Gasteiger partial charge on any atom is -0.480 e. The highest BCUT2D eigenvalue weighted by atomic mass is 16.4. The van der Waals surface area contributed by atoms with Gasteiger partial charge in [-0.3, -0.25) is 34.8 Å². The molecule has 0 spiro atoms. The van der Waals surface area contributed by atoms with Crippen LogP contribution < -0.4 is 27.4 Å². The maximum absolute atomic E-state index is 13.1. The lowest BCUT2D eigenvalue weighted by Crippen LogP contribution is -2.60. The third kappa shape index (κ3) is 9.27. The molecule has 228 valence electrons. The molecule has 0 radical (unpaired) electrons. The Balaban J connectivity index is 1.54. The summed E-state index contributed by atoms with van der Waals surface area (Å²) in [7, 11) is 0. The Morgan fingerprint density at radius 2 is 1.44 bits per heavy atom. The van der Waals surface area contributed by atoms with E-state index in [1.807, 2.05) is 0 Å². The summed E-state index contributed by atoms with van der Waals surface area (Å²) in [6.07, 6.45) is 1.19. The Kier molecular flexibility index (Phi) is 11.1. The molecule has 3 rings (SSSR count). The van der Waals surface area contributed by atoms with E-state index >= 15 is 0 Å². The zero-order chi connectivity index (χ0) is 31.5. The van der Waals surface area contributed by atoms with E-state index in [2.05, 4.69) is 16.0 Å². The maximum Gasteiger partial charge on any atom is 0.323 e. The van der Waals surface area contributed by atoms with Crippen molar-refractivity contribution in [3.63, 3.8) is 0 Å². The smallest absolute Gasteiger partial charge is 0.323 e. The number of amides is 4. The molecule has 15 nitrogen and oxygen atoms in total. The number of amidine groups is 1. The van der Waals surface area contributed by atoms with E-state index in [1.54, 1.807) is 24.3 Å². The van der Waals surface area contributed by atoms with Crippen LogP contribution in [0.3, 0.4) is 0 Å². The average molecular weight is 594 g/mol. The summed E-state index contributed by atoms with van der Waals surface area (Å²) in [4.78, 5) is 65.0. The van der Waals surface area contributed by atoms with Crippen LogP contribution >= 0.6 is 0 Å². The first kappa shape index (κ1) is 32.0. The molecule has 1 saturated heterocycles. The Bertz CT molecular complexity index is 1380. The molecule has 1 aliphatic rings. The van der Waals surface area contributed by atoms with E-state index < -0.39 is 36.3 Å². The first-order chi connectivity index (χ1) is 20.5. The van der Waals surface area contributed by atoms with Crippen LogP contribution in [0.25, 0.3) is 0 Å². The Morgan fingerprint density at radius 1 is 0.860 bits per heavy atom. The minimum absolute atomic E-state index is 0.0462. The van der Waals surface area contributed by atoms with Crippen molar-refractivity contribution in [1.29, 1.82) is 10.8 Å². The third-order valence-corrected chi connectivity index (χ3v) is 6.70. The predicted octanol–water partition coefficient (Wildman–Crippen LogP) is -0.270. The van der Waals surface area contributed by atoms with Crippen molar-refractivity contribution in [2.24, 2.45) is 11.5 Å². The van der Waals surface area contributed by atoms with E-state index in [0.29, 0.717) is 36.2 Å². The molecule has 0 aromatic heterocycles. The number of nitrogen functional groups attached to an aromatic ring is 1. The van der Waals surface area contributed by atoms with E-state index in [9.17, 15) is 29.1 Å². The fourth-order valence-electron chi connectivity index (χ4n) is 4.52. The Labute approximate surface area is 247 Å². The Hall–Kier alpha value is -5.47. The highest BCUT2D eigenvalue weighted by Crippen LogP contribution is 2.18. The van der Waals surface area contributed by atoms with E-state index in [0.717, 1.165) is 0 Å². The highest BCUT2D eigenvalue weighted by Gasteiger charge is 2.37. The summed E-state index contributed by atoms with van der Waals surface area (Å²) in [6.45, 7) is -0.395. The molecule has 10 N–H and O–H groups in total. The number of piperazine rings is 1. The van der Waals surface area contributed by atoms with Gasteiger partial charge in [-0.2, -0.15) is 0 Å². The zero-order valence-corrected chi connectivity index (χ0v) is 23.4. The van der Waals surface area contributed by atoms with Crippen molar-refractivity contribution < 1.29 is 29.1 Å². The lowest BCUT2D eigenvalue weighted by molar-refractivity contribution is -0.155. The number of nitrogens with one attached hydrogen (secondary N) is 5. The SMILES string of the molecule is N=C(N)Nc1ccc(C(=O)NCCCCC2C(=O)N(CC(=O)O)CCN2C(=O)CNC(=O)c2ccc(C(=N)N)cc2)cc1. The topological polar surface area (TPSA) is 248 Å². The van der Waals surface area contributed by atoms with Crippen molar-refractivity contribution in [2.45, 2.75) is 25.3 Å². The summed E-state index contributed by atoms with van der Waals surface area (Å²) in [5, 5.41) is 31.8. The number of nitrogens with two attached hydrogens (primary N) is 2. The number of hydrogen-bond donors (Lipinski definition) is 8. The average Bonchev–Trinajstić information content (AvgIpc) is 2.97. The number of rotatable bonds is 13. The number of unbranched alkanes of at least 4 members (excludes halogenated alkanes) is 1. The number of carbonyl (C=O) groups excluding carboxylic acids is 4. The molecule has 2 aromatic rings. The molecule has 0 saturated carbocycles. The number of nitrogens with zero attached hydrogens (tertiary/aromatic N) is 2. The molecule has 0 aliphatic carbocycles. The second-order valence-electron chi connectivity index (χ2n) is 9.80. The number of anilines is 1. The van der Waals surface area contributed by atoms with Gasteiger partial charge in [0.05, 0.1) is 6.54 Å². The van der Waals surface area contributed by atoms with Gasteiger partial charge in [0.15, 0.2) is 5.96 Å². The molecule has 0 bridgehead atoms. The van der Waals surface area contributed by atoms with Crippen molar-refractivity contribution in [3.05, 3.63) is 65.2 Å². The lowest BCUT2D eigenvalue weighted by Gasteiger charge is -2.40. The fraction of sp³-hybridized carbons (Fsp3) is 0.321. The first-order valence-electron chi connectivity index (χ1n) is 13.5. The summed E-state index contributed by atoms with van der Waals surface area (Å²) in [6, 6.07) is 11.5. The van der Waals surface area contributed by atoms with Gasteiger partial charge in [-0.1, -0.05) is 12.1 Å². The molecular weight excluding hydrogens is 558 g/mol. The number of benzene rings is 2. The quantitative estimate of drug-likeness (QED) is 0.0863. The van der Waals surface area contributed by atoms with Crippen LogP contribution in [0.5, 0.6) is 0 Å². The standard InChI is InChI=1S/C28H35N9O6/c29-24(30)17-4-6-18(7-5-17)26(42)34-15-22(38)37-14-13-36(16-23(39)40)27(43)21(37)3-1-2-12-33-25(41)19-8-10-20(11-9-19)35-28(31)32/h4-11,21H,1-3,12-16H2,(H3,29,30)(H,33,41)(H,34,42)(H,39,40)(H4,31,32,35). The van der Waals surface area contributed by atoms with Gasteiger partial charge in [0, 0.05) is 42.0 Å². The molecule has 15 heteroatoms. The molecular formula is C28H35N9O6. The predicted molar refractivity (Wildman–Crippen MR) is 158 cm³/mol. The van der Waals surface area contributed by atoms with Gasteiger partial charge in [-0.15, -0.1) is 0 Å². The van der Waals surface area contributed by atoms with Gasteiger partial charge in [-0.25, -0.2) is 0 Å². The molecule has 1 heterocycles. The lowest BCUT2D eigenvalue weighted by atomic mass is 10.0. The summed E-state index contributed by atoms with van der Waals surface area (Å²) in [5.41, 5.74) is 12.4. The van der Waals surface area contributed by atoms with Gasteiger partial charge < -0.3 is 42.3 Å². The molecule has 2 aromatic carbocycles. The molecule has 43 heavy (non-hydrogen) atoms. The number of guanidine groups is 1. The number of aliphatic carboxylic acids is 1. The number of hydrogen-bond acceptors (Lipinski definition) is 7. The van der Waals surface area contributed by atoms with Gasteiger partial charge in [0.2, 0.25) is 11.8 Å². The minimum atomic E-state index is -1.16. The summed E-state index contributed by atoms with van der Waals surface area (Å²) in [5.74, 6) is -3.33. The highest BCUT2D eigenvalue weighted by molar-refractivity contribution is 6.00. The van der Waals surface area contributed by atoms with E-state index in [-0.39, 0.29) is 49.3 Å². The fourth-order valence-corrected chi connectivity index (χ4v) is 4.52. The monoisotopic (exact) mass is 593 g/mol. The Morgan fingerprint density at radius 3 is 2.02 bits per heavy atom. The second kappa shape index (κ2) is 15.0. The van der Waals surface area contributed by atoms with Crippen molar-refractivity contribution in [1.82, 2.24) is 20.4 Å². The third-order valence-electron chi connectivity index (χ3n) is 6.70. The van der Waals surface area contributed by atoms with E-state index in [4.69, 9.17) is 22.3 Å². The van der Waals surface area contributed by atoms with Crippen molar-refractivity contribution in [3.8, 4) is 0 Å². The van der Waals surface area contributed by atoms with Crippen molar-refractivity contribution >= 4 is 47.1 Å². The first-order valence-corrected chi connectivity index (χ1v) is 13.5. The van der Waals surface area contributed by atoms with Crippen LogP contribution in [-0.2, 0) is 14.4 Å². The van der Waals surface area contributed by atoms with Gasteiger partial charge >= 0.3 is 5.97 Å². The van der Waals surface area contributed by atoms with Crippen LogP contribution in [0.1, 0.15) is 45.5 Å². The second-order valence-corrected chi connectivity index (χ2v) is 9.80. The molecule has 1 fully saturated rings. The summed E-state index contributed by atoms with van der Waals surface area (Å²) < 4.78 is 0. The van der Waals surface area contributed by atoms with Crippen LogP contribution in [-0.4, -0.2) is 95.1 Å². The largest absolute Gasteiger partial charge is 0.480 e. The van der Waals surface area contributed by atoms with Crippen molar-refractivity contribution in [2.75, 3.05) is 38.0 Å². The maximum atomic E-state index is 13.1. The van der Waals surface area contributed by atoms with Crippen LogP contribution in [0.15, 0.2) is 48.5 Å². The molecule has 4 amide bonds. The number of carboxylic acid groups (broad SMARTS) is 1. The van der Waals surface area contributed by atoms with Gasteiger partial charge in [-0.05, 0) is 55.7 Å². The molecule has 1 atom stereocenters. The number of carboxylic acids is 1. The van der Waals surface area contributed by atoms with Crippen LogP contribution in [0, 0.1) is 10.8 Å². The molecule has 1 aliphatic heterocycles. The zero-order valence-electron chi connectivity index (χ0n) is 23.4. The van der Waals surface area contributed by atoms with Crippen LogP contribution in [0.2, 0.25) is 0 Å². The normalized spacial score (nSPS) is 14.5. The van der Waals surface area contributed by atoms with E-state index in [1.165, 1.54) is 34.1 Å². The van der Waals surface area contributed by atoms with Gasteiger partial charge in [0.25, 0.3) is 11.8 Å².